The Morgan fingerprint density at radius 3 is 2.75 bits per heavy atom. The number of nitrogens with one attached hydrogen (secondary N) is 1. The van der Waals surface area contributed by atoms with Crippen LogP contribution in [0.15, 0.2) is 73.5 Å². The lowest BCUT2D eigenvalue weighted by Crippen LogP contribution is -2.24. The van der Waals surface area contributed by atoms with Crippen LogP contribution < -0.4 is 5.32 Å². The predicted octanol–water partition coefficient (Wildman–Crippen LogP) is 4.06. The third kappa shape index (κ3) is 3.68. The van der Waals surface area contributed by atoms with Crippen LogP contribution in [0.3, 0.4) is 0 Å². The van der Waals surface area contributed by atoms with Gasteiger partial charge >= 0.3 is 0 Å². The third-order valence-electron chi connectivity index (χ3n) is 4.47. The Morgan fingerprint density at radius 1 is 1.18 bits per heavy atom. The summed E-state index contributed by atoms with van der Waals surface area (Å²) < 4.78 is 3.76. The number of benzene rings is 1. The fourth-order valence-electron chi connectivity index (χ4n) is 2.98. The summed E-state index contributed by atoms with van der Waals surface area (Å²) in [5.41, 5.74) is 3.43. The number of nitrogens with zero attached hydrogens (tertiary/aromatic N) is 4. The molecule has 4 rings (SSSR count). The number of fused-ring (bicyclic) bond motifs is 1. The monoisotopic (exact) mass is 391 g/mol. The number of halogens is 1. The average molecular weight is 392 g/mol. The minimum absolute atomic E-state index is 0.133. The Balaban J connectivity index is 1.44. The summed E-state index contributed by atoms with van der Waals surface area (Å²) in [6.45, 7) is 1.94. The van der Waals surface area contributed by atoms with Crippen LogP contribution in [0.4, 0.5) is 0 Å². The van der Waals surface area contributed by atoms with Gasteiger partial charge in [0.15, 0.2) is 5.15 Å². The molecule has 3 heterocycles. The van der Waals surface area contributed by atoms with Gasteiger partial charge in [-0.15, -0.1) is 0 Å². The van der Waals surface area contributed by atoms with Gasteiger partial charge < -0.3 is 9.88 Å². The van der Waals surface area contributed by atoms with Gasteiger partial charge in [0.25, 0.3) is 0 Å². The maximum absolute atomic E-state index is 12.3. The van der Waals surface area contributed by atoms with Gasteiger partial charge in [0.05, 0.1) is 18.1 Å². The van der Waals surface area contributed by atoms with Crippen LogP contribution in [0.5, 0.6) is 0 Å². The molecule has 0 saturated carbocycles. The van der Waals surface area contributed by atoms with Crippen molar-refractivity contribution in [2.24, 2.45) is 0 Å². The second-order valence-corrected chi connectivity index (χ2v) is 6.70. The van der Waals surface area contributed by atoms with E-state index in [1.807, 2.05) is 70.7 Å². The zero-order valence-electron chi connectivity index (χ0n) is 15.2. The van der Waals surface area contributed by atoms with Crippen LogP contribution in [0.1, 0.15) is 24.2 Å². The fraction of sp³-hybridized carbons (Fsp3) is 0.0952. The molecule has 0 aliphatic rings. The van der Waals surface area contributed by atoms with Crippen LogP contribution in [0, 0.1) is 0 Å². The highest BCUT2D eigenvalue weighted by Crippen LogP contribution is 2.19. The summed E-state index contributed by atoms with van der Waals surface area (Å²) in [5.74, 6) is -0.201. The van der Waals surface area contributed by atoms with Crippen molar-refractivity contribution < 1.29 is 4.79 Å². The average Bonchev–Trinajstić information content (AvgIpc) is 3.34. The second kappa shape index (κ2) is 7.70. The first-order valence-electron chi connectivity index (χ1n) is 8.81. The van der Waals surface area contributed by atoms with Crippen molar-refractivity contribution in [2.45, 2.75) is 13.0 Å². The Hall–Kier alpha value is -3.38. The topological polar surface area (TPSA) is 64.2 Å². The molecule has 1 N–H and O–H groups in total. The Kier molecular flexibility index (Phi) is 4.95. The van der Waals surface area contributed by atoms with Gasteiger partial charge in [-0.3, -0.25) is 9.20 Å². The van der Waals surface area contributed by atoms with Crippen molar-refractivity contribution in [2.75, 3.05) is 0 Å². The number of amides is 1. The molecule has 1 aromatic carbocycles. The van der Waals surface area contributed by atoms with E-state index in [-0.39, 0.29) is 11.9 Å². The number of pyridine rings is 1. The molecule has 6 nitrogen and oxygen atoms in total. The van der Waals surface area contributed by atoms with Crippen LogP contribution in [-0.4, -0.2) is 24.8 Å². The van der Waals surface area contributed by atoms with Gasteiger partial charge in [-0.25, -0.2) is 9.97 Å². The van der Waals surface area contributed by atoms with E-state index in [1.165, 1.54) is 6.08 Å². The number of carbonyl (C=O) groups excluding carboxylic acids is 1. The highest BCUT2D eigenvalue weighted by molar-refractivity contribution is 6.31. The van der Waals surface area contributed by atoms with Crippen molar-refractivity contribution in [3.05, 3.63) is 89.9 Å². The largest absolute Gasteiger partial charge is 0.346 e. The lowest BCUT2D eigenvalue weighted by atomic mass is 10.1. The molecule has 1 atom stereocenters. The van der Waals surface area contributed by atoms with E-state index < -0.39 is 0 Å². The Labute approximate surface area is 167 Å². The number of aromatic nitrogens is 4. The molecule has 0 radical (unpaired) electrons. The molecule has 0 bridgehead atoms. The van der Waals surface area contributed by atoms with Gasteiger partial charge in [0, 0.05) is 30.4 Å². The molecule has 0 saturated heterocycles. The third-order valence-corrected chi connectivity index (χ3v) is 4.75. The van der Waals surface area contributed by atoms with E-state index in [1.54, 1.807) is 18.6 Å². The van der Waals surface area contributed by atoms with E-state index in [4.69, 9.17) is 11.6 Å². The summed E-state index contributed by atoms with van der Waals surface area (Å²) >= 11 is 6.19. The standard InChI is InChI=1S/C21H18ClN5O/c1-15(16-5-7-17(8-6-16)26-13-11-23-14-26)24-20(28)10-9-18-21(22)25-19-4-2-3-12-27(18)19/h2-15H,1H3,(H,24,28)/b10-9+. The minimum Gasteiger partial charge on any atom is -0.346 e. The Morgan fingerprint density at radius 2 is 2.00 bits per heavy atom. The van der Waals surface area contributed by atoms with Crippen molar-refractivity contribution in [3.8, 4) is 5.69 Å². The van der Waals surface area contributed by atoms with Crippen LogP contribution in [0.2, 0.25) is 5.15 Å². The summed E-state index contributed by atoms with van der Waals surface area (Å²) in [7, 11) is 0. The summed E-state index contributed by atoms with van der Waals surface area (Å²) in [6.07, 6.45) is 10.4. The molecule has 0 spiro atoms. The first-order chi connectivity index (χ1) is 13.6. The van der Waals surface area contributed by atoms with Crippen molar-refractivity contribution in [3.63, 3.8) is 0 Å². The van der Waals surface area contributed by atoms with Gasteiger partial charge in [0.2, 0.25) is 5.91 Å². The number of imidazole rings is 2. The van der Waals surface area contributed by atoms with E-state index in [2.05, 4.69) is 15.3 Å². The lowest BCUT2D eigenvalue weighted by Gasteiger charge is -2.13. The first kappa shape index (κ1) is 18.0. The molecule has 1 amide bonds. The summed E-state index contributed by atoms with van der Waals surface area (Å²) in [6, 6.07) is 13.5. The van der Waals surface area contributed by atoms with Gasteiger partial charge in [0.1, 0.15) is 5.65 Å². The fourth-order valence-corrected chi connectivity index (χ4v) is 3.22. The van der Waals surface area contributed by atoms with Crippen LogP contribution >= 0.6 is 11.6 Å². The van der Waals surface area contributed by atoms with Crippen molar-refractivity contribution >= 4 is 29.2 Å². The van der Waals surface area contributed by atoms with Crippen molar-refractivity contribution in [1.29, 1.82) is 0 Å². The second-order valence-electron chi connectivity index (χ2n) is 6.34. The van der Waals surface area contributed by atoms with Crippen molar-refractivity contribution in [1.82, 2.24) is 24.3 Å². The zero-order chi connectivity index (χ0) is 19.5. The van der Waals surface area contributed by atoms with Crippen LogP contribution in [-0.2, 0) is 4.79 Å². The molecular formula is C21H18ClN5O. The van der Waals surface area contributed by atoms with E-state index in [0.717, 1.165) is 16.9 Å². The minimum atomic E-state index is -0.201. The summed E-state index contributed by atoms with van der Waals surface area (Å²) in [5, 5.41) is 3.32. The first-order valence-corrected chi connectivity index (χ1v) is 9.19. The quantitative estimate of drug-likeness (QED) is 0.522. The molecule has 4 aromatic rings. The predicted molar refractivity (Wildman–Crippen MR) is 109 cm³/mol. The van der Waals surface area contributed by atoms with E-state index >= 15 is 0 Å². The maximum Gasteiger partial charge on any atom is 0.244 e. The number of hydrogen-bond donors (Lipinski definition) is 1. The van der Waals surface area contributed by atoms with E-state index in [9.17, 15) is 4.79 Å². The number of hydrogen-bond acceptors (Lipinski definition) is 3. The highest BCUT2D eigenvalue weighted by atomic mass is 35.5. The molecule has 3 aromatic heterocycles. The zero-order valence-corrected chi connectivity index (χ0v) is 15.9. The number of rotatable bonds is 5. The molecule has 0 fully saturated rings. The lowest BCUT2D eigenvalue weighted by molar-refractivity contribution is -0.117. The normalized spacial score (nSPS) is 12.5. The van der Waals surface area contributed by atoms with Gasteiger partial charge in [-0.1, -0.05) is 29.8 Å². The molecule has 0 aliphatic carbocycles. The SMILES string of the molecule is CC(NC(=O)/C=C/c1c(Cl)nc2ccccn12)c1ccc(-n2ccnc2)cc1. The van der Waals surface area contributed by atoms with Gasteiger partial charge in [-0.05, 0) is 42.8 Å². The number of carbonyl (C=O) groups is 1. The molecule has 140 valence electrons. The molecule has 28 heavy (non-hydrogen) atoms. The van der Waals surface area contributed by atoms with E-state index in [0.29, 0.717) is 10.8 Å². The van der Waals surface area contributed by atoms with Crippen LogP contribution in [0.25, 0.3) is 17.4 Å². The molecule has 7 heteroatoms. The smallest absolute Gasteiger partial charge is 0.244 e. The molecule has 0 aliphatic heterocycles. The molecular weight excluding hydrogens is 374 g/mol. The molecule has 1 unspecified atom stereocenters. The highest BCUT2D eigenvalue weighted by Gasteiger charge is 2.10. The van der Waals surface area contributed by atoms with Gasteiger partial charge in [-0.2, -0.15) is 0 Å². The maximum atomic E-state index is 12.3. The summed E-state index contributed by atoms with van der Waals surface area (Å²) in [4.78, 5) is 20.7. The Bertz CT molecular complexity index is 1130.